The average molecular weight is 360 g/mol. The van der Waals surface area contributed by atoms with Crippen molar-refractivity contribution in [2.75, 3.05) is 18.5 Å². The summed E-state index contributed by atoms with van der Waals surface area (Å²) in [6.07, 6.45) is 1.27. The normalized spacial score (nSPS) is 16.1. The molecule has 2 aromatic carbocycles. The maximum Gasteiger partial charge on any atom is 0.179 e. The molecule has 1 aliphatic rings. The van der Waals surface area contributed by atoms with Crippen LogP contribution >= 0.6 is 11.6 Å². The Morgan fingerprint density at radius 3 is 2.76 bits per heavy atom. The molecule has 0 aliphatic carbocycles. The number of halogens is 1. The molecule has 3 rings (SSSR count). The van der Waals surface area contributed by atoms with Gasteiger partial charge in [-0.3, -0.25) is 4.79 Å². The van der Waals surface area contributed by atoms with Gasteiger partial charge in [0.15, 0.2) is 17.3 Å². The second-order valence-electron chi connectivity index (χ2n) is 5.98. The van der Waals surface area contributed by atoms with E-state index in [9.17, 15) is 4.79 Å². The van der Waals surface area contributed by atoms with Crippen LogP contribution in [-0.2, 0) is 0 Å². The number of hydrogen-bond donors (Lipinski definition) is 1. The van der Waals surface area contributed by atoms with Crippen LogP contribution in [-0.4, -0.2) is 19.0 Å². The number of carbonyl (C=O) groups is 1. The van der Waals surface area contributed by atoms with Crippen LogP contribution in [0.25, 0.3) is 0 Å². The average Bonchev–Trinajstić information content (AvgIpc) is 2.61. The van der Waals surface area contributed by atoms with Gasteiger partial charge in [-0.15, -0.1) is 0 Å². The van der Waals surface area contributed by atoms with E-state index in [0.717, 1.165) is 23.2 Å². The summed E-state index contributed by atoms with van der Waals surface area (Å²) in [4.78, 5) is 12.4. The lowest BCUT2D eigenvalue weighted by Crippen LogP contribution is -2.22. The molecule has 132 valence electrons. The zero-order valence-corrected chi connectivity index (χ0v) is 15.2. The topological polar surface area (TPSA) is 47.6 Å². The highest BCUT2D eigenvalue weighted by Gasteiger charge is 2.27. The summed E-state index contributed by atoms with van der Waals surface area (Å²) in [5, 5.41) is 3.93. The third-order valence-electron chi connectivity index (χ3n) is 4.13. The first-order valence-electron chi connectivity index (χ1n) is 8.61. The fraction of sp³-hybridized carbons (Fsp3) is 0.350. The molecule has 1 unspecified atom stereocenters. The summed E-state index contributed by atoms with van der Waals surface area (Å²) >= 11 is 6.44. The van der Waals surface area contributed by atoms with Crippen molar-refractivity contribution >= 4 is 23.1 Å². The van der Waals surface area contributed by atoms with E-state index >= 15 is 0 Å². The van der Waals surface area contributed by atoms with Gasteiger partial charge in [0.2, 0.25) is 0 Å². The van der Waals surface area contributed by atoms with E-state index in [-0.39, 0.29) is 11.8 Å². The van der Waals surface area contributed by atoms with Crippen molar-refractivity contribution in [2.24, 2.45) is 0 Å². The zero-order chi connectivity index (χ0) is 17.8. The first-order chi connectivity index (χ1) is 12.1. The number of ether oxygens (including phenoxy) is 2. The standard InChI is InChI=1S/C20H22ClNO3/c1-3-9-25-20-15(21)10-13(11-19(20)24-4-2)17-12-18(23)14-7-5-6-8-16(14)22-17/h5-8,10-11,17,22H,3-4,9,12H2,1-2H3. The van der Waals surface area contributed by atoms with Crippen LogP contribution in [0.5, 0.6) is 11.5 Å². The summed E-state index contributed by atoms with van der Waals surface area (Å²) in [6.45, 7) is 5.05. The van der Waals surface area contributed by atoms with Gasteiger partial charge in [0.1, 0.15) is 0 Å². The number of anilines is 1. The Kier molecular flexibility index (Phi) is 5.49. The zero-order valence-electron chi connectivity index (χ0n) is 14.5. The Labute approximate surface area is 153 Å². The van der Waals surface area contributed by atoms with Crippen molar-refractivity contribution in [1.29, 1.82) is 0 Å². The lowest BCUT2D eigenvalue weighted by molar-refractivity contribution is 0.0972. The van der Waals surface area contributed by atoms with Crippen molar-refractivity contribution < 1.29 is 14.3 Å². The monoisotopic (exact) mass is 359 g/mol. The number of Topliss-reactive ketones (excluding diaryl/α,β-unsaturated/α-hetero) is 1. The number of nitrogens with one attached hydrogen (secondary N) is 1. The van der Waals surface area contributed by atoms with Crippen LogP contribution in [0.2, 0.25) is 5.02 Å². The quantitative estimate of drug-likeness (QED) is 0.763. The number of hydrogen-bond acceptors (Lipinski definition) is 4. The molecule has 1 aliphatic heterocycles. The first-order valence-corrected chi connectivity index (χ1v) is 8.99. The molecule has 5 heteroatoms. The maximum absolute atomic E-state index is 12.4. The van der Waals surface area contributed by atoms with Crippen molar-refractivity contribution in [2.45, 2.75) is 32.7 Å². The predicted octanol–water partition coefficient (Wildman–Crippen LogP) is 5.27. The molecule has 4 nitrogen and oxygen atoms in total. The summed E-state index contributed by atoms with van der Waals surface area (Å²) in [5.41, 5.74) is 2.50. The second-order valence-corrected chi connectivity index (χ2v) is 6.39. The van der Waals surface area contributed by atoms with Crippen LogP contribution < -0.4 is 14.8 Å². The van der Waals surface area contributed by atoms with E-state index in [0.29, 0.717) is 36.2 Å². The number of para-hydroxylation sites is 1. The van der Waals surface area contributed by atoms with Crippen molar-refractivity contribution in [3.8, 4) is 11.5 Å². The molecule has 0 aromatic heterocycles. The molecule has 0 saturated heterocycles. The van der Waals surface area contributed by atoms with Crippen LogP contribution in [0, 0.1) is 0 Å². The summed E-state index contributed by atoms with van der Waals surface area (Å²) in [6, 6.07) is 11.2. The van der Waals surface area contributed by atoms with Gasteiger partial charge in [0, 0.05) is 17.7 Å². The van der Waals surface area contributed by atoms with E-state index in [1.165, 1.54) is 0 Å². The van der Waals surface area contributed by atoms with Gasteiger partial charge >= 0.3 is 0 Å². The minimum Gasteiger partial charge on any atom is -0.490 e. The number of benzene rings is 2. The van der Waals surface area contributed by atoms with Gasteiger partial charge in [-0.2, -0.15) is 0 Å². The molecule has 0 saturated carbocycles. The van der Waals surface area contributed by atoms with Crippen LogP contribution in [0.3, 0.4) is 0 Å². The third kappa shape index (κ3) is 3.74. The van der Waals surface area contributed by atoms with Crippen molar-refractivity contribution in [1.82, 2.24) is 0 Å². The molecule has 0 amide bonds. The van der Waals surface area contributed by atoms with E-state index in [2.05, 4.69) is 5.32 Å². The van der Waals surface area contributed by atoms with Gasteiger partial charge < -0.3 is 14.8 Å². The first kappa shape index (κ1) is 17.6. The molecule has 0 spiro atoms. The van der Waals surface area contributed by atoms with Crippen molar-refractivity contribution in [3.63, 3.8) is 0 Å². The maximum atomic E-state index is 12.4. The molecule has 25 heavy (non-hydrogen) atoms. The lowest BCUT2D eigenvalue weighted by Gasteiger charge is -2.27. The molecule has 1 heterocycles. The number of ketones is 1. The molecule has 1 N–H and O–H groups in total. The smallest absolute Gasteiger partial charge is 0.179 e. The van der Waals surface area contributed by atoms with E-state index < -0.39 is 0 Å². The van der Waals surface area contributed by atoms with Gasteiger partial charge in [-0.1, -0.05) is 30.7 Å². The predicted molar refractivity (Wildman–Crippen MR) is 100 cm³/mol. The van der Waals surface area contributed by atoms with Crippen LogP contribution in [0.1, 0.15) is 48.7 Å². The van der Waals surface area contributed by atoms with Gasteiger partial charge in [-0.25, -0.2) is 0 Å². The lowest BCUT2D eigenvalue weighted by atomic mass is 9.92. The molecule has 1 atom stereocenters. The molecular formula is C20H22ClNO3. The molecule has 0 bridgehead atoms. The Morgan fingerprint density at radius 1 is 1.20 bits per heavy atom. The van der Waals surface area contributed by atoms with Crippen LogP contribution in [0.15, 0.2) is 36.4 Å². The summed E-state index contributed by atoms with van der Waals surface area (Å²) < 4.78 is 11.5. The number of fused-ring (bicyclic) bond motifs is 1. The van der Waals surface area contributed by atoms with Crippen LogP contribution in [0.4, 0.5) is 5.69 Å². The SMILES string of the molecule is CCCOc1c(Cl)cc(C2CC(=O)c3ccccc3N2)cc1OCC. The highest BCUT2D eigenvalue weighted by molar-refractivity contribution is 6.32. The highest BCUT2D eigenvalue weighted by Crippen LogP contribution is 2.41. The molecule has 0 radical (unpaired) electrons. The Balaban J connectivity index is 1.94. The van der Waals surface area contributed by atoms with Gasteiger partial charge in [-0.05, 0) is 43.2 Å². The Bertz CT molecular complexity index is 776. The van der Waals surface area contributed by atoms with E-state index in [1.54, 1.807) is 0 Å². The molecule has 2 aromatic rings. The molecule has 0 fully saturated rings. The van der Waals surface area contributed by atoms with Crippen molar-refractivity contribution in [3.05, 3.63) is 52.5 Å². The minimum absolute atomic E-state index is 0.125. The Hall–Kier alpha value is -2.20. The van der Waals surface area contributed by atoms with E-state index in [4.69, 9.17) is 21.1 Å². The Morgan fingerprint density at radius 2 is 2.00 bits per heavy atom. The second kappa shape index (κ2) is 7.79. The largest absolute Gasteiger partial charge is 0.490 e. The minimum atomic E-state index is -0.140. The van der Waals surface area contributed by atoms with Gasteiger partial charge in [0.25, 0.3) is 0 Å². The third-order valence-corrected chi connectivity index (χ3v) is 4.41. The summed E-state index contributed by atoms with van der Waals surface area (Å²) in [5.74, 6) is 1.31. The number of rotatable bonds is 6. The van der Waals surface area contributed by atoms with E-state index in [1.807, 2.05) is 50.2 Å². The fourth-order valence-electron chi connectivity index (χ4n) is 2.98. The highest BCUT2D eigenvalue weighted by atomic mass is 35.5. The molecular weight excluding hydrogens is 338 g/mol. The number of carbonyl (C=O) groups excluding carboxylic acids is 1. The summed E-state index contributed by atoms with van der Waals surface area (Å²) in [7, 11) is 0. The fourth-order valence-corrected chi connectivity index (χ4v) is 3.26. The van der Waals surface area contributed by atoms with Gasteiger partial charge in [0.05, 0.1) is 24.3 Å².